The molecule has 0 aliphatic heterocycles. The van der Waals surface area contributed by atoms with Crippen LogP contribution in [0.3, 0.4) is 0 Å². The number of carbonyl (C=O) groups is 1. The van der Waals surface area contributed by atoms with E-state index in [1.807, 2.05) is 0 Å². The molecule has 0 saturated heterocycles. The Labute approximate surface area is 118 Å². The number of alkyl halides is 3. The zero-order valence-corrected chi connectivity index (χ0v) is 11.5. The fraction of sp³-hybridized carbons (Fsp3) is 0.308. The third-order valence-corrected chi connectivity index (χ3v) is 3.09. The van der Waals surface area contributed by atoms with Crippen molar-refractivity contribution in [1.29, 1.82) is 0 Å². The number of halogens is 4. The second kappa shape index (κ2) is 6.88. The highest BCUT2D eigenvalue weighted by Gasteiger charge is 2.33. The van der Waals surface area contributed by atoms with Crippen LogP contribution in [0.2, 0.25) is 5.02 Å². The molecule has 0 aliphatic rings. The first-order chi connectivity index (χ1) is 8.80. The van der Waals surface area contributed by atoms with Crippen LogP contribution in [0.5, 0.6) is 0 Å². The van der Waals surface area contributed by atoms with Gasteiger partial charge in [-0.25, -0.2) is 0 Å². The van der Waals surface area contributed by atoms with E-state index in [-0.39, 0.29) is 15.7 Å². The molecule has 1 aromatic rings. The topological polar surface area (TPSA) is 17.1 Å². The van der Waals surface area contributed by atoms with Crippen molar-refractivity contribution >= 4 is 28.5 Å². The van der Waals surface area contributed by atoms with Crippen LogP contribution in [0.25, 0.3) is 0 Å². The van der Waals surface area contributed by atoms with Gasteiger partial charge in [0, 0.05) is 29.7 Å². The quantitative estimate of drug-likeness (QED) is 0.596. The molecule has 0 fully saturated rings. The van der Waals surface area contributed by atoms with Crippen LogP contribution >= 0.6 is 23.4 Å². The zero-order valence-electron chi connectivity index (χ0n) is 9.97. The normalized spacial score (nSPS) is 10.8. The summed E-state index contributed by atoms with van der Waals surface area (Å²) >= 11 is 6.65. The van der Waals surface area contributed by atoms with Crippen LogP contribution in [0.4, 0.5) is 13.2 Å². The van der Waals surface area contributed by atoms with E-state index in [4.69, 9.17) is 11.6 Å². The number of rotatable bonds is 2. The second-order valence-corrected chi connectivity index (χ2v) is 5.29. The average molecular weight is 307 g/mol. The molecular formula is C13H10ClF3OS. The lowest BCUT2D eigenvalue weighted by Crippen LogP contribution is -2.07. The minimum atomic E-state index is -4.48. The largest absolute Gasteiger partial charge is 0.417 e. The van der Waals surface area contributed by atoms with Crippen LogP contribution in [0.1, 0.15) is 24.5 Å². The molecule has 1 aromatic carbocycles. The predicted octanol–water partition coefficient (Wildman–Crippen LogP) is 4.38. The van der Waals surface area contributed by atoms with Crippen LogP contribution in [-0.2, 0) is 11.0 Å². The standard InChI is InChI=1S/C13H10ClF3OS/c1-9(18)19-7-3-2-4-10-5-6-11(14)8-12(10)13(15,16)17/h5-6,8H,3,7H2,1H3. The lowest BCUT2D eigenvalue weighted by Gasteiger charge is -2.09. The van der Waals surface area contributed by atoms with Gasteiger partial charge < -0.3 is 0 Å². The number of hydrogen-bond donors (Lipinski definition) is 0. The number of carbonyl (C=O) groups excluding carboxylic acids is 1. The van der Waals surface area contributed by atoms with Gasteiger partial charge in [-0.1, -0.05) is 35.2 Å². The SMILES string of the molecule is CC(=O)SCCC#Cc1ccc(Cl)cc1C(F)(F)F. The van der Waals surface area contributed by atoms with Gasteiger partial charge in [0.15, 0.2) is 5.12 Å². The van der Waals surface area contributed by atoms with Gasteiger partial charge in [0.2, 0.25) is 0 Å². The Morgan fingerprint density at radius 1 is 1.42 bits per heavy atom. The summed E-state index contributed by atoms with van der Waals surface area (Å²) in [7, 11) is 0. The van der Waals surface area contributed by atoms with Gasteiger partial charge in [0.1, 0.15) is 0 Å². The van der Waals surface area contributed by atoms with E-state index in [9.17, 15) is 18.0 Å². The summed E-state index contributed by atoms with van der Waals surface area (Å²) in [5.41, 5.74) is -0.948. The minimum absolute atomic E-state index is 0.0185. The summed E-state index contributed by atoms with van der Waals surface area (Å²) in [6.45, 7) is 1.43. The van der Waals surface area contributed by atoms with Gasteiger partial charge in [-0.3, -0.25) is 4.79 Å². The van der Waals surface area contributed by atoms with E-state index in [0.29, 0.717) is 12.2 Å². The first kappa shape index (κ1) is 15.9. The third-order valence-electron chi connectivity index (χ3n) is 2.04. The molecule has 0 saturated carbocycles. The molecule has 0 spiro atoms. The smallest absolute Gasteiger partial charge is 0.288 e. The zero-order chi connectivity index (χ0) is 14.5. The molecular weight excluding hydrogens is 297 g/mol. The summed E-state index contributed by atoms with van der Waals surface area (Å²) in [6.07, 6.45) is -4.13. The molecule has 1 nitrogen and oxygen atoms in total. The minimum Gasteiger partial charge on any atom is -0.288 e. The molecule has 0 unspecified atom stereocenters. The van der Waals surface area contributed by atoms with Crippen molar-refractivity contribution < 1.29 is 18.0 Å². The Bertz CT molecular complexity index is 529. The summed E-state index contributed by atoms with van der Waals surface area (Å²) in [5, 5.41) is -0.0192. The van der Waals surface area contributed by atoms with E-state index in [1.54, 1.807) is 0 Å². The maximum Gasteiger partial charge on any atom is 0.417 e. The molecule has 6 heteroatoms. The number of benzene rings is 1. The molecule has 0 atom stereocenters. The predicted molar refractivity (Wildman–Crippen MR) is 71.1 cm³/mol. The first-order valence-corrected chi connectivity index (χ1v) is 6.66. The van der Waals surface area contributed by atoms with Gasteiger partial charge in [-0.05, 0) is 18.2 Å². The van der Waals surface area contributed by atoms with Crippen molar-refractivity contribution in [2.24, 2.45) is 0 Å². The lowest BCUT2D eigenvalue weighted by molar-refractivity contribution is -0.137. The molecule has 0 bridgehead atoms. The van der Waals surface area contributed by atoms with Gasteiger partial charge in [0.25, 0.3) is 0 Å². The summed E-state index contributed by atoms with van der Waals surface area (Å²) in [6, 6.07) is 3.47. The molecule has 0 amide bonds. The Hall–Kier alpha value is -1.12. The Morgan fingerprint density at radius 3 is 2.68 bits per heavy atom. The van der Waals surface area contributed by atoms with Crippen molar-refractivity contribution in [2.45, 2.75) is 19.5 Å². The van der Waals surface area contributed by atoms with Crippen molar-refractivity contribution in [3.05, 3.63) is 34.3 Å². The van der Waals surface area contributed by atoms with Crippen molar-refractivity contribution in [2.75, 3.05) is 5.75 Å². The van der Waals surface area contributed by atoms with Crippen LogP contribution in [0, 0.1) is 11.8 Å². The molecule has 0 aliphatic carbocycles. The van der Waals surface area contributed by atoms with E-state index in [0.717, 1.165) is 17.8 Å². The molecule has 0 N–H and O–H groups in total. The monoisotopic (exact) mass is 306 g/mol. The number of thioether (sulfide) groups is 1. The maximum absolute atomic E-state index is 12.7. The van der Waals surface area contributed by atoms with Gasteiger partial charge in [0.05, 0.1) is 5.56 Å². The Morgan fingerprint density at radius 2 is 2.11 bits per heavy atom. The number of hydrogen-bond acceptors (Lipinski definition) is 2. The third kappa shape index (κ3) is 5.58. The van der Waals surface area contributed by atoms with Gasteiger partial charge >= 0.3 is 6.18 Å². The molecule has 0 aromatic heterocycles. The fourth-order valence-electron chi connectivity index (χ4n) is 1.26. The summed E-state index contributed by atoms with van der Waals surface area (Å²) in [4.78, 5) is 10.7. The Kier molecular flexibility index (Phi) is 5.77. The molecule has 0 heterocycles. The van der Waals surface area contributed by atoms with Gasteiger partial charge in [-0.2, -0.15) is 13.2 Å². The van der Waals surface area contributed by atoms with Crippen LogP contribution < -0.4 is 0 Å². The van der Waals surface area contributed by atoms with E-state index >= 15 is 0 Å². The lowest BCUT2D eigenvalue weighted by atomic mass is 10.1. The molecule has 102 valence electrons. The van der Waals surface area contributed by atoms with Crippen LogP contribution in [0.15, 0.2) is 18.2 Å². The van der Waals surface area contributed by atoms with Crippen molar-refractivity contribution in [1.82, 2.24) is 0 Å². The van der Waals surface area contributed by atoms with E-state index < -0.39 is 11.7 Å². The van der Waals surface area contributed by atoms with Crippen molar-refractivity contribution in [3.63, 3.8) is 0 Å². The fourth-order valence-corrected chi connectivity index (χ4v) is 1.93. The van der Waals surface area contributed by atoms with Crippen molar-refractivity contribution in [3.8, 4) is 11.8 Å². The molecule has 0 radical (unpaired) electrons. The van der Waals surface area contributed by atoms with Crippen LogP contribution in [-0.4, -0.2) is 10.9 Å². The van der Waals surface area contributed by atoms with Gasteiger partial charge in [-0.15, -0.1) is 0 Å². The Balaban J connectivity index is 2.84. The summed E-state index contributed by atoms with van der Waals surface area (Å²) < 4.78 is 38.2. The molecule has 19 heavy (non-hydrogen) atoms. The second-order valence-electron chi connectivity index (χ2n) is 3.58. The first-order valence-electron chi connectivity index (χ1n) is 5.29. The average Bonchev–Trinajstić information content (AvgIpc) is 2.28. The highest BCUT2D eigenvalue weighted by molar-refractivity contribution is 8.13. The highest BCUT2D eigenvalue weighted by Crippen LogP contribution is 2.33. The van der Waals surface area contributed by atoms with E-state index in [1.165, 1.54) is 19.1 Å². The highest BCUT2D eigenvalue weighted by atomic mass is 35.5. The van der Waals surface area contributed by atoms with E-state index in [2.05, 4.69) is 11.8 Å². The molecule has 1 rings (SSSR count). The maximum atomic E-state index is 12.7. The summed E-state index contributed by atoms with van der Waals surface area (Å²) in [5.74, 6) is 5.56.